The van der Waals surface area contributed by atoms with E-state index in [0.717, 1.165) is 12.1 Å². The van der Waals surface area contributed by atoms with Gasteiger partial charge in [-0.3, -0.25) is 4.79 Å². The summed E-state index contributed by atoms with van der Waals surface area (Å²) in [5.41, 5.74) is -1.20. The monoisotopic (exact) mass is 426 g/mol. The van der Waals surface area contributed by atoms with Crippen molar-refractivity contribution >= 4 is 12.6 Å². The Kier molecular flexibility index (Phi) is 9.42. The van der Waals surface area contributed by atoms with Crippen molar-refractivity contribution in [3.8, 4) is 0 Å². The van der Waals surface area contributed by atoms with Gasteiger partial charge in [0, 0.05) is 6.54 Å². The zero-order valence-electron chi connectivity index (χ0n) is 18.1. The van der Waals surface area contributed by atoms with Crippen LogP contribution in [0.2, 0.25) is 0 Å². The zero-order valence-corrected chi connectivity index (χ0v) is 18.1. The Bertz CT molecular complexity index is 692. The van der Waals surface area contributed by atoms with Gasteiger partial charge in [0.25, 0.3) is 12.4 Å². The SMILES string of the molecule is C=CC(F)(F)C1(NC(=O)OCc2ccccc2)CCCN(C)C1.CC(C)(C)OC=O. The summed E-state index contributed by atoms with van der Waals surface area (Å²) in [6.07, 6.45) is 0.505. The molecular formula is C22H32F2N2O4. The molecule has 1 aromatic rings. The van der Waals surface area contributed by atoms with Crippen LogP contribution in [-0.2, 0) is 20.9 Å². The van der Waals surface area contributed by atoms with Crippen molar-refractivity contribution in [1.82, 2.24) is 10.2 Å². The highest BCUT2D eigenvalue weighted by Crippen LogP contribution is 2.37. The van der Waals surface area contributed by atoms with E-state index in [1.807, 2.05) is 39.0 Å². The van der Waals surface area contributed by atoms with Crippen LogP contribution in [0, 0.1) is 0 Å². The lowest BCUT2D eigenvalue weighted by Gasteiger charge is -2.45. The van der Waals surface area contributed by atoms with E-state index in [-0.39, 0.29) is 25.2 Å². The molecule has 0 aliphatic carbocycles. The first-order valence-corrected chi connectivity index (χ1v) is 9.75. The molecule has 1 atom stereocenters. The molecule has 0 radical (unpaired) electrons. The number of rotatable bonds is 6. The largest absolute Gasteiger partial charge is 0.462 e. The Morgan fingerprint density at radius 1 is 1.30 bits per heavy atom. The third-order valence-corrected chi connectivity index (χ3v) is 4.53. The molecule has 1 aromatic carbocycles. The number of ether oxygens (including phenoxy) is 2. The van der Waals surface area contributed by atoms with Gasteiger partial charge in [0.1, 0.15) is 17.7 Å². The first kappa shape index (κ1) is 25.6. The standard InChI is InChI=1S/C17H22F2N2O2.C5H10O2/c1-3-17(18,19)16(10-7-11-21(2)13-16)20-15(22)23-12-14-8-5-4-6-9-14;1-5(2,3)7-4-6/h3-6,8-9H,1,7,10-13H2,2H3,(H,20,22);4H,1-3H3. The Labute approximate surface area is 177 Å². The summed E-state index contributed by atoms with van der Waals surface area (Å²) in [4.78, 5) is 23.4. The van der Waals surface area contributed by atoms with Gasteiger partial charge in [-0.2, -0.15) is 8.78 Å². The van der Waals surface area contributed by atoms with Gasteiger partial charge in [0.2, 0.25) is 0 Å². The highest BCUT2D eigenvalue weighted by molar-refractivity contribution is 5.68. The van der Waals surface area contributed by atoms with Crippen molar-refractivity contribution < 1.29 is 27.8 Å². The van der Waals surface area contributed by atoms with E-state index in [0.29, 0.717) is 19.0 Å². The van der Waals surface area contributed by atoms with Crippen molar-refractivity contribution in [3.63, 3.8) is 0 Å². The second-order valence-electron chi connectivity index (χ2n) is 8.26. The highest BCUT2D eigenvalue weighted by Gasteiger charge is 2.54. The van der Waals surface area contributed by atoms with E-state index < -0.39 is 17.6 Å². The summed E-state index contributed by atoms with van der Waals surface area (Å²) in [6, 6.07) is 9.09. The number of alkyl halides is 2. The maximum atomic E-state index is 14.4. The van der Waals surface area contributed by atoms with Crippen molar-refractivity contribution in [3.05, 3.63) is 48.6 Å². The van der Waals surface area contributed by atoms with E-state index in [9.17, 15) is 18.4 Å². The number of likely N-dealkylation sites (N-methyl/N-ethyl adjacent to an activating group) is 1. The van der Waals surface area contributed by atoms with Crippen molar-refractivity contribution in [2.75, 3.05) is 20.1 Å². The van der Waals surface area contributed by atoms with Crippen LogP contribution in [-0.4, -0.2) is 54.7 Å². The third kappa shape index (κ3) is 8.10. The van der Waals surface area contributed by atoms with Gasteiger partial charge in [-0.15, -0.1) is 0 Å². The summed E-state index contributed by atoms with van der Waals surface area (Å²) in [6.45, 7) is 9.94. The van der Waals surface area contributed by atoms with E-state index in [4.69, 9.17) is 4.74 Å². The maximum Gasteiger partial charge on any atom is 0.408 e. The minimum Gasteiger partial charge on any atom is -0.462 e. The molecule has 1 aliphatic rings. The van der Waals surface area contributed by atoms with Crippen LogP contribution in [0.25, 0.3) is 0 Å². The zero-order chi connectivity index (χ0) is 22.8. The molecule has 168 valence electrons. The van der Waals surface area contributed by atoms with Crippen LogP contribution in [0.1, 0.15) is 39.2 Å². The Morgan fingerprint density at radius 3 is 2.40 bits per heavy atom. The van der Waals surface area contributed by atoms with Crippen molar-refractivity contribution in [1.29, 1.82) is 0 Å². The predicted octanol–water partition coefficient (Wildman–Crippen LogP) is 4.16. The molecule has 0 aromatic heterocycles. The van der Waals surface area contributed by atoms with Crippen LogP contribution >= 0.6 is 0 Å². The molecule has 1 saturated heterocycles. The second-order valence-corrected chi connectivity index (χ2v) is 8.26. The lowest BCUT2D eigenvalue weighted by molar-refractivity contribution is -0.138. The molecule has 6 nitrogen and oxygen atoms in total. The summed E-state index contributed by atoms with van der Waals surface area (Å²) in [7, 11) is 1.75. The molecule has 0 saturated carbocycles. The minimum atomic E-state index is -3.21. The molecule has 1 fully saturated rings. The van der Waals surface area contributed by atoms with Gasteiger partial charge in [-0.1, -0.05) is 36.9 Å². The van der Waals surface area contributed by atoms with Gasteiger partial charge in [-0.25, -0.2) is 4.79 Å². The van der Waals surface area contributed by atoms with E-state index in [1.165, 1.54) is 0 Å². The van der Waals surface area contributed by atoms with Gasteiger partial charge in [0.05, 0.1) is 0 Å². The normalized spacial score (nSPS) is 19.7. The number of hydrogen-bond donors (Lipinski definition) is 1. The van der Waals surface area contributed by atoms with Crippen LogP contribution in [0.3, 0.4) is 0 Å². The maximum absolute atomic E-state index is 14.4. The summed E-state index contributed by atoms with van der Waals surface area (Å²) >= 11 is 0. The fourth-order valence-corrected chi connectivity index (χ4v) is 3.02. The number of benzene rings is 1. The number of nitrogens with one attached hydrogen (secondary N) is 1. The molecule has 1 amide bonds. The fourth-order valence-electron chi connectivity index (χ4n) is 3.02. The number of carbonyl (C=O) groups excluding carboxylic acids is 2. The molecule has 1 aliphatic heterocycles. The number of hydrogen-bond acceptors (Lipinski definition) is 5. The minimum absolute atomic E-state index is 0.0399. The first-order valence-electron chi connectivity index (χ1n) is 9.75. The predicted molar refractivity (Wildman–Crippen MR) is 111 cm³/mol. The Morgan fingerprint density at radius 2 is 1.93 bits per heavy atom. The number of halogens is 2. The Balaban J connectivity index is 0.000000553. The van der Waals surface area contributed by atoms with E-state index in [1.54, 1.807) is 24.1 Å². The number of alkyl carbamates (subject to hydrolysis) is 1. The first-order chi connectivity index (χ1) is 13.9. The number of carbonyl (C=O) groups is 2. The average molecular weight is 427 g/mol. The third-order valence-electron chi connectivity index (χ3n) is 4.53. The fraction of sp³-hybridized carbons (Fsp3) is 0.545. The molecule has 1 unspecified atom stereocenters. The summed E-state index contributed by atoms with van der Waals surface area (Å²) in [5.74, 6) is -3.21. The quantitative estimate of drug-likeness (QED) is 0.547. The van der Waals surface area contributed by atoms with Crippen LogP contribution < -0.4 is 5.32 Å². The lowest BCUT2D eigenvalue weighted by atomic mass is 9.83. The van der Waals surface area contributed by atoms with Gasteiger partial charge in [-0.05, 0) is 58.8 Å². The number of amides is 1. The van der Waals surface area contributed by atoms with Crippen molar-refractivity contribution in [2.45, 2.75) is 57.3 Å². The van der Waals surface area contributed by atoms with E-state index >= 15 is 0 Å². The van der Waals surface area contributed by atoms with Gasteiger partial charge < -0.3 is 19.7 Å². The molecule has 0 spiro atoms. The van der Waals surface area contributed by atoms with Gasteiger partial charge >= 0.3 is 6.09 Å². The summed E-state index contributed by atoms with van der Waals surface area (Å²) in [5, 5.41) is 2.40. The van der Waals surface area contributed by atoms with Crippen LogP contribution in [0.4, 0.5) is 13.6 Å². The van der Waals surface area contributed by atoms with Crippen LogP contribution in [0.5, 0.6) is 0 Å². The number of piperidine rings is 1. The number of likely N-dealkylation sites (tertiary alicyclic amines) is 1. The molecule has 1 heterocycles. The smallest absolute Gasteiger partial charge is 0.408 e. The Hall–Kier alpha value is -2.48. The second kappa shape index (κ2) is 11.1. The summed E-state index contributed by atoms with van der Waals surface area (Å²) < 4.78 is 38.4. The molecule has 30 heavy (non-hydrogen) atoms. The molecule has 1 N–H and O–H groups in total. The van der Waals surface area contributed by atoms with Gasteiger partial charge in [0.15, 0.2) is 0 Å². The highest BCUT2D eigenvalue weighted by atomic mass is 19.3. The lowest BCUT2D eigenvalue weighted by Crippen LogP contribution is -2.66. The molecule has 2 rings (SSSR count). The van der Waals surface area contributed by atoms with Crippen LogP contribution in [0.15, 0.2) is 43.0 Å². The van der Waals surface area contributed by atoms with E-state index in [2.05, 4.69) is 16.6 Å². The van der Waals surface area contributed by atoms with Crippen molar-refractivity contribution in [2.24, 2.45) is 0 Å². The number of nitrogens with zero attached hydrogens (tertiary/aromatic N) is 1. The topological polar surface area (TPSA) is 67.9 Å². The average Bonchev–Trinajstić information content (AvgIpc) is 2.66. The molecule has 8 heteroatoms. The molecule has 0 bridgehead atoms. The molecular weight excluding hydrogens is 394 g/mol.